The van der Waals surface area contributed by atoms with E-state index in [-0.39, 0.29) is 0 Å². The SMILES string of the molecule is C1=C(c2c(C3CC3)nn3ccccc23)CCSC1. The molecule has 2 aromatic rings. The van der Waals surface area contributed by atoms with E-state index in [1.807, 2.05) is 11.8 Å². The highest BCUT2D eigenvalue weighted by Crippen LogP contribution is 2.44. The van der Waals surface area contributed by atoms with Crippen LogP contribution < -0.4 is 0 Å². The summed E-state index contributed by atoms with van der Waals surface area (Å²) in [5.41, 5.74) is 5.60. The quantitative estimate of drug-likeness (QED) is 0.814. The molecule has 1 aliphatic carbocycles. The number of fused-ring (bicyclic) bond motifs is 1. The third kappa shape index (κ3) is 1.69. The lowest BCUT2D eigenvalue weighted by Gasteiger charge is -2.13. The minimum atomic E-state index is 0.718. The van der Waals surface area contributed by atoms with Crippen molar-refractivity contribution in [1.82, 2.24) is 9.61 Å². The summed E-state index contributed by atoms with van der Waals surface area (Å²) in [6, 6.07) is 6.39. The molecular formula is C15H16N2S. The first-order chi connectivity index (χ1) is 8.93. The van der Waals surface area contributed by atoms with Gasteiger partial charge < -0.3 is 0 Å². The topological polar surface area (TPSA) is 17.3 Å². The number of pyridine rings is 1. The number of aromatic nitrogens is 2. The second kappa shape index (κ2) is 4.16. The number of thioether (sulfide) groups is 1. The van der Waals surface area contributed by atoms with E-state index in [1.165, 1.54) is 47.4 Å². The number of hydrogen-bond acceptors (Lipinski definition) is 2. The van der Waals surface area contributed by atoms with Gasteiger partial charge in [-0.3, -0.25) is 0 Å². The molecule has 0 atom stereocenters. The van der Waals surface area contributed by atoms with Crippen LogP contribution in [0.4, 0.5) is 0 Å². The Morgan fingerprint density at radius 3 is 3.00 bits per heavy atom. The number of hydrogen-bond donors (Lipinski definition) is 0. The Balaban J connectivity index is 1.95. The van der Waals surface area contributed by atoms with E-state index < -0.39 is 0 Å². The van der Waals surface area contributed by atoms with Gasteiger partial charge in [0.05, 0.1) is 11.2 Å². The molecule has 2 nitrogen and oxygen atoms in total. The van der Waals surface area contributed by atoms with Crippen molar-refractivity contribution in [2.45, 2.75) is 25.2 Å². The molecule has 3 heteroatoms. The van der Waals surface area contributed by atoms with Gasteiger partial charge in [-0.2, -0.15) is 16.9 Å². The summed E-state index contributed by atoms with van der Waals surface area (Å²) < 4.78 is 2.06. The normalized spacial score (nSPS) is 20.1. The molecule has 2 aliphatic rings. The molecule has 0 N–H and O–H groups in total. The van der Waals surface area contributed by atoms with Gasteiger partial charge in [0.25, 0.3) is 0 Å². The Morgan fingerprint density at radius 1 is 1.28 bits per heavy atom. The first kappa shape index (κ1) is 10.7. The maximum absolute atomic E-state index is 4.82. The maximum atomic E-state index is 4.82. The van der Waals surface area contributed by atoms with Crippen molar-refractivity contribution in [3.05, 3.63) is 41.7 Å². The molecule has 0 aromatic carbocycles. The van der Waals surface area contributed by atoms with E-state index in [9.17, 15) is 0 Å². The summed E-state index contributed by atoms with van der Waals surface area (Å²) in [4.78, 5) is 0. The average molecular weight is 256 g/mol. The molecule has 0 saturated heterocycles. The van der Waals surface area contributed by atoms with Gasteiger partial charge in [0.1, 0.15) is 0 Å². The highest BCUT2D eigenvalue weighted by atomic mass is 32.2. The molecule has 1 saturated carbocycles. The monoisotopic (exact) mass is 256 g/mol. The van der Waals surface area contributed by atoms with Crippen LogP contribution in [0.15, 0.2) is 30.5 Å². The summed E-state index contributed by atoms with van der Waals surface area (Å²) >= 11 is 2.03. The van der Waals surface area contributed by atoms with Crippen molar-refractivity contribution >= 4 is 22.9 Å². The van der Waals surface area contributed by atoms with Crippen LogP contribution in [0, 0.1) is 0 Å². The summed E-state index contributed by atoms with van der Waals surface area (Å²) in [6.45, 7) is 0. The van der Waals surface area contributed by atoms with Crippen molar-refractivity contribution in [3.63, 3.8) is 0 Å². The van der Waals surface area contributed by atoms with E-state index in [2.05, 4.69) is 35.0 Å². The molecule has 2 aromatic heterocycles. The van der Waals surface area contributed by atoms with Crippen LogP contribution in [0.5, 0.6) is 0 Å². The van der Waals surface area contributed by atoms with E-state index >= 15 is 0 Å². The van der Waals surface area contributed by atoms with Crippen molar-refractivity contribution in [1.29, 1.82) is 0 Å². The fourth-order valence-corrected chi connectivity index (χ4v) is 3.59. The van der Waals surface area contributed by atoms with Crippen LogP contribution >= 0.6 is 11.8 Å². The zero-order valence-electron chi connectivity index (χ0n) is 10.3. The van der Waals surface area contributed by atoms with Crippen molar-refractivity contribution in [3.8, 4) is 0 Å². The molecule has 92 valence electrons. The lowest BCUT2D eigenvalue weighted by Crippen LogP contribution is -1.97. The average Bonchev–Trinajstić information content (AvgIpc) is 3.20. The highest BCUT2D eigenvalue weighted by Gasteiger charge is 2.31. The van der Waals surface area contributed by atoms with Gasteiger partial charge in [0.15, 0.2) is 0 Å². The van der Waals surface area contributed by atoms with E-state index in [1.54, 1.807) is 0 Å². The van der Waals surface area contributed by atoms with Crippen LogP contribution in [-0.4, -0.2) is 21.1 Å². The van der Waals surface area contributed by atoms with E-state index in [0.717, 1.165) is 11.7 Å². The molecule has 0 radical (unpaired) electrons. The molecule has 1 fully saturated rings. The van der Waals surface area contributed by atoms with Crippen molar-refractivity contribution in [2.75, 3.05) is 11.5 Å². The third-order valence-electron chi connectivity index (χ3n) is 3.82. The van der Waals surface area contributed by atoms with Crippen LogP contribution in [0.3, 0.4) is 0 Å². The first-order valence-corrected chi connectivity index (χ1v) is 7.83. The molecule has 0 bridgehead atoms. The largest absolute Gasteiger partial charge is 0.240 e. The Labute approximate surface area is 111 Å². The van der Waals surface area contributed by atoms with Gasteiger partial charge in [0, 0.05) is 23.4 Å². The Morgan fingerprint density at radius 2 is 2.22 bits per heavy atom. The zero-order chi connectivity index (χ0) is 11.9. The molecule has 0 amide bonds. The van der Waals surface area contributed by atoms with Crippen LogP contribution in [0.25, 0.3) is 11.1 Å². The fourth-order valence-electron chi connectivity index (χ4n) is 2.74. The highest BCUT2D eigenvalue weighted by molar-refractivity contribution is 7.99. The van der Waals surface area contributed by atoms with Gasteiger partial charge in [-0.05, 0) is 42.7 Å². The fraction of sp³-hybridized carbons (Fsp3) is 0.400. The van der Waals surface area contributed by atoms with Crippen LogP contribution in [-0.2, 0) is 0 Å². The minimum Gasteiger partial charge on any atom is -0.240 e. The molecule has 0 spiro atoms. The van der Waals surface area contributed by atoms with E-state index in [0.29, 0.717) is 0 Å². The van der Waals surface area contributed by atoms with Gasteiger partial charge in [-0.1, -0.05) is 12.1 Å². The smallest absolute Gasteiger partial charge is 0.0741 e. The Hall–Kier alpha value is -1.22. The summed E-state index contributed by atoms with van der Waals surface area (Å²) in [5.74, 6) is 3.12. The summed E-state index contributed by atoms with van der Waals surface area (Å²) in [5, 5.41) is 4.82. The molecule has 4 rings (SSSR count). The molecular weight excluding hydrogens is 240 g/mol. The standard InChI is InChI=1S/C15H16N2S/c1-2-8-17-13(3-1)14(11-6-9-18-10-7-11)15(16-17)12-4-5-12/h1-3,6,8,12H,4-5,7,9-10H2. The van der Waals surface area contributed by atoms with Crippen molar-refractivity contribution in [2.24, 2.45) is 0 Å². The van der Waals surface area contributed by atoms with Crippen molar-refractivity contribution < 1.29 is 0 Å². The Kier molecular flexibility index (Phi) is 2.47. The number of nitrogens with zero attached hydrogens (tertiary/aromatic N) is 2. The van der Waals surface area contributed by atoms with Gasteiger partial charge >= 0.3 is 0 Å². The third-order valence-corrected chi connectivity index (χ3v) is 4.71. The maximum Gasteiger partial charge on any atom is 0.0741 e. The second-order valence-electron chi connectivity index (χ2n) is 5.12. The lowest BCUT2D eigenvalue weighted by atomic mass is 9.99. The molecule has 18 heavy (non-hydrogen) atoms. The number of allylic oxidation sites excluding steroid dienone is 1. The van der Waals surface area contributed by atoms with E-state index in [4.69, 9.17) is 5.10 Å². The molecule has 3 heterocycles. The van der Waals surface area contributed by atoms with Gasteiger partial charge in [0.2, 0.25) is 0 Å². The number of rotatable bonds is 2. The Bertz CT molecular complexity index is 622. The van der Waals surface area contributed by atoms with Crippen LogP contribution in [0.1, 0.15) is 36.4 Å². The summed E-state index contributed by atoms with van der Waals surface area (Å²) in [7, 11) is 0. The predicted octanol–water partition coefficient (Wildman–Crippen LogP) is 3.73. The minimum absolute atomic E-state index is 0.718. The predicted molar refractivity (Wildman–Crippen MR) is 77.1 cm³/mol. The summed E-state index contributed by atoms with van der Waals surface area (Å²) in [6.07, 6.45) is 8.31. The van der Waals surface area contributed by atoms with Crippen LogP contribution in [0.2, 0.25) is 0 Å². The van der Waals surface area contributed by atoms with Gasteiger partial charge in [-0.25, -0.2) is 4.52 Å². The molecule has 0 unspecified atom stereocenters. The first-order valence-electron chi connectivity index (χ1n) is 6.68. The molecule has 1 aliphatic heterocycles. The second-order valence-corrected chi connectivity index (χ2v) is 6.27. The van der Waals surface area contributed by atoms with Gasteiger partial charge in [-0.15, -0.1) is 0 Å². The lowest BCUT2D eigenvalue weighted by molar-refractivity contribution is 0.890. The zero-order valence-corrected chi connectivity index (χ0v) is 11.1.